The van der Waals surface area contributed by atoms with Gasteiger partial charge in [-0.2, -0.15) is 0 Å². The highest BCUT2D eigenvalue weighted by Gasteiger charge is 2.30. The lowest BCUT2D eigenvalue weighted by Gasteiger charge is -2.35. The molecule has 1 saturated heterocycles. The largest absolute Gasteiger partial charge is 0.480 e. The molecule has 1 aromatic rings. The minimum atomic E-state index is -0.713. The van der Waals surface area contributed by atoms with Gasteiger partial charge in [-0.1, -0.05) is 0 Å². The average molecular weight is 305 g/mol. The molecule has 0 aliphatic carbocycles. The van der Waals surface area contributed by atoms with Crippen molar-refractivity contribution in [1.29, 1.82) is 0 Å². The first-order chi connectivity index (χ1) is 10.6. The van der Waals surface area contributed by atoms with Crippen molar-refractivity contribution in [3.8, 4) is 0 Å². The maximum atomic E-state index is 11.5. The van der Waals surface area contributed by atoms with Crippen molar-refractivity contribution in [1.82, 2.24) is 14.5 Å². The van der Waals surface area contributed by atoms with Crippen LogP contribution in [0.4, 0.5) is 0 Å². The van der Waals surface area contributed by atoms with Crippen molar-refractivity contribution < 1.29 is 9.90 Å². The van der Waals surface area contributed by atoms with Crippen molar-refractivity contribution in [3.05, 3.63) is 17.7 Å². The van der Waals surface area contributed by atoms with E-state index in [0.717, 1.165) is 50.3 Å². The number of carbonyl (C=O) groups is 1. The molecule has 1 atom stereocenters. The van der Waals surface area contributed by atoms with Crippen molar-refractivity contribution in [2.45, 2.75) is 64.5 Å². The van der Waals surface area contributed by atoms with Gasteiger partial charge in [0.2, 0.25) is 0 Å². The van der Waals surface area contributed by atoms with E-state index in [1.54, 1.807) is 0 Å². The summed E-state index contributed by atoms with van der Waals surface area (Å²) in [6.07, 6.45) is 7.86. The standard InChI is InChI=1S/C17H27N3O2/c1-12(2)19-8-6-13(7-9-19)10-16-18-11-14-4-3-5-15(17(21)22)20(14)16/h11-13,15H,3-10H2,1-2H3,(H,21,22). The molecule has 1 fully saturated rings. The maximum absolute atomic E-state index is 11.5. The Bertz CT molecular complexity index is 530. The number of nitrogens with zero attached hydrogens (tertiary/aromatic N) is 3. The molecule has 0 spiro atoms. The lowest BCUT2D eigenvalue weighted by Crippen LogP contribution is -2.39. The highest BCUT2D eigenvalue weighted by Crippen LogP contribution is 2.29. The number of rotatable bonds is 4. The van der Waals surface area contributed by atoms with Gasteiger partial charge in [-0.25, -0.2) is 9.78 Å². The number of imidazole rings is 1. The highest BCUT2D eigenvalue weighted by atomic mass is 16.4. The summed E-state index contributed by atoms with van der Waals surface area (Å²) in [5, 5.41) is 9.47. The van der Waals surface area contributed by atoms with Gasteiger partial charge < -0.3 is 14.6 Å². The first kappa shape index (κ1) is 15.5. The summed E-state index contributed by atoms with van der Waals surface area (Å²) in [6.45, 7) is 6.81. The Hall–Kier alpha value is -1.36. The Kier molecular flexibility index (Phi) is 4.52. The van der Waals surface area contributed by atoms with E-state index in [2.05, 4.69) is 23.7 Å². The van der Waals surface area contributed by atoms with Crippen LogP contribution < -0.4 is 0 Å². The van der Waals surface area contributed by atoms with Crippen LogP contribution in [0.3, 0.4) is 0 Å². The van der Waals surface area contributed by atoms with Crippen molar-refractivity contribution in [2.75, 3.05) is 13.1 Å². The van der Waals surface area contributed by atoms with E-state index in [-0.39, 0.29) is 0 Å². The fourth-order valence-corrected chi connectivity index (χ4v) is 3.93. The van der Waals surface area contributed by atoms with Crippen LogP contribution in [0.15, 0.2) is 6.20 Å². The van der Waals surface area contributed by atoms with Crippen LogP contribution in [0.5, 0.6) is 0 Å². The Morgan fingerprint density at radius 3 is 2.73 bits per heavy atom. The number of carboxylic acids is 1. The molecule has 22 heavy (non-hydrogen) atoms. The van der Waals surface area contributed by atoms with E-state index in [1.807, 2.05) is 10.8 Å². The van der Waals surface area contributed by atoms with Gasteiger partial charge in [-0.15, -0.1) is 0 Å². The number of aliphatic carboxylic acids is 1. The second kappa shape index (κ2) is 6.41. The molecule has 0 amide bonds. The third-order valence-electron chi connectivity index (χ3n) is 5.31. The van der Waals surface area contributed by atoms with Crippen LogP contribution >= 0.6 is 0 Å². The molecule has 2 aliphatic rings. The minimum absolute atomic E-state index is 0.406. The summed E-state index contributed by atoms with van der Waals surface area (Å²) in [6, 6.07) is 0.216. The van der Waals surface area contributed by atoms with E-state index in [4.69, 9.17) is 0 Å². The van der Waals surface area contributed by atoms with Crippen molar-refractivity contribution in [2.24, 2.45) is 5.92 Å². The molecule has 3 rings (SSSR count). The summed E-state index contributed by atoms with van der Waals surface area (Å²) in [7, 11) is 0. The summed E-state index contributed by atoms with van der Waals surface area (Å²) in [4.78, 5) is 18.6. The van der Waals surface area contributed by atoms with E-state index >= 15 is 0 Å². The van der Waals surface area contributed by atoms with Crippen LogP contribution in [0.2, 0.25) is 0 Å². The van der Waals surface area contributed by atoms with Crippen molar-refractivity contribution >= 4 is 5.97 Å². The molecule has 1 N–H and O–H groups in total. The number of aromatic nitrogens is 2. The average Bonchev–Trinajstić information content (AvgIpc) is 2.91. The Morgan fingerprint density at radius 2 is 2.09 bits per heavy atom. The predicted octanol–water partition coefficient (Wildman–Crippen LogP) is 2.51. The number of piperidine rings is 1. The molecule has 0 aromatic carbocycles. The summed E-state index contributed by atoms with van der Waals surface area (Å²) in [5.41, 5.74) is 1.10. The molecular weight excluding hydrogens is 278 g/mol. The van der Waals surface area contributed by atoms with Gasteiger partial charge in [0.05, 0.1) is 0 Å². The lowest BCUT2D eigenvalue weighted by atomic mass is 9.92. The fourth-order valence-electron chi connectivity index (χ4n) is 3.93. The van der Waals surface area contributed by atoms with Crippen LogP contribution in [0.1, 0.15) is 57.1 Å². The van der Waals surface area contributed by atoms with E-state index < -0.39 is 12.0 Å². The van der Waals surface area contributed by atoms with Gasteiger partial charge in [0.25, 0.3) is 0 Å². The maximum Gasteiger partial charge on any atom is 0.326 e. The predicted molar refractivity (Wildman–Crippen MR) is 85.0 cm³/mol. The van der Waals surface area contributed by atoms with E-state index in [0.29, 0.717) is 12.0 Å². The van der Waals surface area contributed by atoms with Crippen LogP contribution in [0.25, 0.3) is 0 Å². The molecular formula is C17H27N3O2. The molecule has 0 radical (unpaired) electrons. The molecule has 5 nitrogen and oxygen atoms in total. The zero-order valence-corrected chi connectivity index (χ0v) is 13.7. The smallest absolute Gasteiger partial charge is 0.326 e. The molecule has 1 aromatic heterocycles. The molecule has 0 saturated carbocycles. The topological polar surface area (TPSA) is 58.4 Å². The van der Waals surface area contributed by atoms with Crippen LogP contribution in [-0.2, 0) is 17.6 Å². The zero-order valence-electron chi connectivity index (χ0n) is 13.7. The number of fused-ring (bicyclic) bond motifs is 1. The molecule has 3 heterocycles. The normalized spacial score (nSPS) is 23.7. The number of likely N-dealkylation sites (tertiary alicyclic amines) is 1. The zero-order chi connectivity index (χ0) is 15.7. The summed E-state index contributed by atoms with van der Waals surface area (Å²) >= 11 is 0. The molecule has 0 bridgehead atoms. The molecule has 122 valence electrons. The van der Waals surface area contributed by atoms with Gasteiger partial charge in [-0.3, -0.25) is 0 Å². The first-order valence-electron chi connectivity index (χ1n) is 8.58. The third-order valence-corrected chi connectivity index (χ3v) is 5.31. The number of hydrogen-bond donors (Lipinski definition) is 1. The second-order valence-corrected chi connectivity index (χ2v) is 7.06. The van der Waals surface area contributed by atoms with Gasteiger partial charge in [0, 0.05) is 24.4 Å². The number of hydrogen-bond acceptors (Lipinski definition) is 3. The Balaban J connectivity index is 1.69. The summed E-state index contributed by atoms with van der Waals surface area (Å²) < 4.78 is 2.01. The Labute approximate surface area is 132 Å². The van der Waals surface area contributed by atoms with Gasteiger partial charge >= 0.3 is 5.97 Å². The van der Waals surface area contributed by atoms with E-state index in [9.17, 15) is 9.90 Å². The highest BCUT2D eigenvalue weighted by molar-refractivity contribution is 5.72. The molecule has 1 unspecified atom stereocenters. The van der Waals surface area contributed by atoms with Crippen LogP contribution in [0, 0.1) is 5.92 Å². The minimum Gasteiger partial charge on any atom is -0.480 e. The molecule has 5 heteroatoms. The monoisotopic (exact) mass is 305 g/mol. The fraction of sp³-hybridized carbons (Fsp3) is 0.765. The quantitative estimate of drug-likeness (QED) is 0.928. The van der Waals surface area contributed by atoms with Crippen LogP contribution in [-0.4, -0.2) is 44.7 Å². The third kappa shape index (κ3) is 3.05. The Morgan fingerprint density at radius 1 is 1.36 bits per heavy atom. The SMILES string of the molecule is CC(C)N1CCC(Cc2ncc3n2C(C(=O)O)CCC3)CC1. The second-order valence-electron chi connectivity index (χ2n) is 7.06. The molecule has 2 aliphatic heterocycles. The van der Waals surface area contributed by atoms with E-state index in [1.165, 1.54) is 12.8 Å². The van der Waals surface area contributed by atoms with Gasteiger partial charge in [-0.05, 0) is 65.0 Å². The van der Waals surface area contributed by atoms with Gasteiger partial charge in [0.1, 0.15) is 11.9 Å². The first-order valence-corrected chi connectivity index (χ1v) is 8.58. The van der Waals surface area contributed by atoms with Gasteiger partial charge in [0.15, 0.2) is 0 Å². The number of aryl methyl sites for hydroxylation is 1. The summed E-state index contributed by atoms with van der Waals surface area (Å²) in [5.74, 6) is 0.915. The van der Waals surface area contributed by atoms with Crippen molar-refractivity contribution in [3.63, 3.8) is 0 Å². The lowest BCUT2D eigenvalue weighted by molar-refractivity contribution is -0.141. The number of carboxylic acid groups (broad SMARTS) is 1.